The van der Waals surface area contributed by atoms with Crippen LogP contribution in [0.3, 0.4) is 0 Å². The van der Waals surface area contributed by atoms with Crippen LogP contribution in [0.5, 0.6) is 0 Å². The highest BCUT2D eigenvalue weighted by molar-refractivity contribution is 5.96. The van der Waals surface area contributed by atoms with Crippen LogP contribution in [-0.4, -0.2) is 30.3 Å². The third-order valence-electron chi connectivity index (χ3n) is 2.07. The van der Waals surface area contributed by atoms with E-state index in [4.69, 9.17) is 9.84 Å². The quantitative estimate of drug-likeness (QED) is 0.883. The number of nitrogens with one attached hydrogen (secondary N) is 1. The maximum atomic E-state index is 12.1. The molecule has 0 aromatic heterocycles. The van der Waals surface area contributed by atoms with E-state index in [0.717, 1.165) is 6.07 Å². The van der Waals surface area contributed by atoms with Crippen LogP contribution >= 0.6 is 0 Å². The molecule has 104 valence electrons. The molecule has 0 aliphatic carbocycles. The van der Waals surface area contributed by atoms with Gasteiger partial charge in [0.15, 0.2) is 0 Å². The Morgan fingerprint density at radius 2 is 1.95 bits per heavy atom. The second-order valence-electron chi connectivity index (χ2n) is 3.61. The summed E-state index contributed by atoms with van der Waals surface area (Å²) in [6, 6.07) is 3.39. The number of methoxy groups -OCH3 is 1. The zero-order chi connectivity index (χ0) is 14.6. The average Bonchev–Trinajstić information content (AvgIpc) is 2.27. The number of benzene rings is 1. The van der Waals surface area contributed by atoms with Gasteiger partial charge in [0.1, 0.15) is 0 Å². The van der Waals surface area contributed by atoms with Gasteiger partial charge in [0.25, 0.3) is 0 Å². The number of carbonyl (C=O) groups is 2. The SMILES string of the molecule is COCc1cc(NC(=O)C(F)(F)F)cc(C(=O)O)c1. The van der Waals surface area contributed by atoms with Crippen molar-refractivity contribution in [3.8, 4) is 0 Å². The van der Waals surface area contributed by atoms with Gasteiger partial charge in [0.2, 0.25) is 0 Å². The predicted octanol–water partition coefficient (Wildman–Crippen LogP) is 2.03. The molecule has 19 heavy (non-hydrogen) atoms. The molecule has 0 aliphatic rings. The van der Waals surface area contributed by atoms with Gasteiger partial charge in [-0.2, -0.15) is 13.2 Å². The Hall–Kier alpha value is -2.09. The molecule has 1 aromatic carbocycles. The van der Waals surface area contributed by atoms with Crippen LogP contribution in [0.25, 0.3) is 0 Å². The first-order valence-corrected chi connectivity index (χ1v) is 4.98. The van der Waals surface area contributed by atoms with Crippen LogP contribution in [-0.2, 0) is 16.1 Å². The molecule has 0 aliphatic heterocycles. The van der Waals surface area contributed by atoms with Crippen molar-refractivity contribution in [2.24, 2.45) is 0 Å². The third kappa shape index (κ3) is 4.25. The molecular weight excluding hydrogens is 267 g/mol. The summed E-state index contributed by atoms with van der Waals surface area (Å²) in [6.07, 6.45) is -5.04. The lowest BCUT2D eigenvalue weighted by Crippen LogP contribution is -2.30. The highest BCUT2D eigenvalue weighted by Gasteiger charge is 2.38. The van der Waals surface area contributed by atoms with E-state index in [9.17, 15) is 22.8 Å². The molecular formula is C11H10F3NO4. The van der Waals surface area contributed by atoms with Crippen molar-refractivity contribution in [2.75, 3.05) is 12.4 Å². The molecule has 0 bridgehead atoms. The number of halogens is 3. The predicted molar refractivity (Wildman–Crippen MR) is 58.8 cm³/mol. The first-order valence-electron chi connectivity index (χ1n) is 4.98. The molecule has 2 N–H and O–H groups in total. The Labute approximate surface area is 106 Å². The molecule has 0 heterocycles. The number of rotatable bonds is 4. The van der Waals surface area contributed by atoms with Crippen LogP contribution < -0.4 is 5.32 Å². The minimum Gasteiger partial charge on any atom is -0.478 e. The number of hydrogen-bond acceptors (Lipinski definition) is 3. The average molecular weight is 277 g/mol. The molecule has 5 nitrogen and oxygen atoms in total. The van der Waals surface area contributed by atoms with Crippen molar-refractivity contribution in [3.63, 3.8) is 0 Å². The standard InChI is InChI=1S/C11H10F3NO4/c1-19-5-6-2-7(9(16)17)4-8(3-6)15-10(18)11(12,13)14/h2-4H,5H2,1H3,(H,15,18)(H,16,17). The van der Waals surface area contributed by atoms with Gasteiger partial charge in [0.05, 0.1) is 12.2 Å². The van der Waals surface area contributed by atoms with E-state index in [1.54, 1.807) is 5.32 Å². The van der Waals surface area contributed by atoms with Crippen LogP contribution in [0, 0.1) is 0 Å². The summed E-state index contributed by atoms with van der Waals surface area (Å²) in [5.74, 6) is -3.49. The van der Waals surface area contributed by atoms with Gasteiger partial charge in [-0.25, -0.2) is 4.79 Å². The number of ether oxygens (including phenoxy) is 1. The number of carboxylic acid groups (broad SMARTS) is 1. The molecule has 0 unspecified atom stereocenters. The Morgan fingerprint density at radius 3 is 2.42 bits per heavy atom. The number of amides is 1. The smallest absolute Gasteiger partial charge is 0.471 e. The number of hydrogen-bond donors (Lipinski definition) is 2. The number of aromatic carboxylic acids is 1. The van der Waals surface area contributed by atoms with Gasteiger partial charge in [-0.15, -0.1) is 0 Å². The lowest BCUT2D eigenvalue weighted by atomic mass is 10.1. The van der Waals surface area contributed by atoms with Crippen molar-refractivity contribution < 1.29 is 32.6 Å². The molecule has 0 saturated heterocycles. The maximum absolute atomic E-state index is 12.1. The van der Waals surface area contributed by atoms with Crippen LogP contribution in [0.2, 0.25) is 0 Å². The summed E-state index contributed by atoms with van der Waals surface area (Å²) in [5, 5.41) is 10.4. The van der Waals surface area contributed by atoms with E-state index in [1.807, 2.05) is 0 Å². The summed E-state index contributed by atoms with van der Waals surface area (Å²) in [7, 11) is 1.35. The van der Waals surface area contributed by atoms with Gasteiger partial charge < -0.3 is 15.2 Å². The van der Waals surface area contributed by atoms with Crippen LogP contribution in [0.15, 0.2) is 18.2 Å². The minimum atomic E-state index is -5.04. The van der Waals surface area contributed by atoms with E-state index < -0.39 is 18.1 Å². The molecule has 1 amide bonds. The molecule has 0 radical (unpaired) electrons. The zero-order valence-corrected chi connectivity index (χ0v) is 9.75. The number of carboxylic acids is 1. The second-order valence-corrected chi connectivity index (χ2v) is 3.61. The van der Waals surface area contributed by atoms with Crippen molar-refractivity contribution >= 4 is 17.6 Å². The molecule has 1 rings (SSSR count). The van der Waals surface area contributed by atoms with Gasteiger partial charge in [-0.1, -0.05) is 0 Å². The van der Waals surface area contributed by atoms with Crippen LogP contribution in [0.4, 0.5) is 18.9 Å². The van der Waals surface area contributed by atoms with Crippen molar-refractivity contribution in [3.05, 3.63) is 29.3 Å². The van der Waals surface area contributed by atoms with Gasteiger partial charge in [-0.3, -0.25) is 4.79 Å². The van der Waals surface area contributed by atoms with Gasteiger partial charge in [-0.05, 0) is 23.8 Å². The molecule has 8 heteroatoms. The van der Waals surface area contributed by atoms with Crippen molar-refractivity contribution in [1.29, 1.82) is 0 Å². The summed E-state index contributed by atoms with van der Waals surface area (Å²) < 4.78 is 41.0. The Kier molecular flexibility index (Phi) is 4.49. The van der Waals surface area contributed by atoms with Crippen molar-refractivity contribution in [2.45, 2.75) is 12.8 Å². The fourth-order valence-corrected chi connectivity index (χ4v) is 1.34. The number of alkyl halides is 3. The first kappa shape index (κ1) is 15.0. The topological polar surface area (TPSA) is 75.6 Å². The van der Waals surface area contributed by atoms with Gasteiger partial charge in [0, 0.05) is 12.8 Å². The third-order valence-corrected chi connectivity index (χ3v) is 2.07. The monoisotopic (exact) mass is 277 g/mol. The van der Waals surface area contributed by atoms with E-state index in [0.29, 0.717) is 5.56 Å². The molecule has 0 atom stereocenters. The highest BCUT2D eigenvalue weighted by Crippen LogP contribution is 2.21. The second kappa shape index (κ2) is 5.70. The van der Waals surface area contributed by atoms with E-state index >= 15 is 0 Å². The molecule has 1 aromatic rings. The molecule has 0 saturated carbocycles. The molecule has 0 fully saturated rings. The Balaban J connectivity index is 3.06. The summed E-state index contributed by atoms with van der Waals surface area (Å²) in [4.78, 5) is 21.6. The fourth-order valence-electron chi connectivity index (χ4n) is 1.34. The fraction of sp³-hybridized carbons (Fsp3) is 0.273. The Bertz CT molecular complexity index is 499. The Morgan fingerprint density at radius 1 is 1.32 bits per heavy atom. The number of anilines is 1. The summed E-state index contributed by atoms with van der Waals surface area (Å²) in [5.41, 5.74) is -0.166. The van der Waals surface area contributed by atoms with Crippen molar-refractivity contribution in [1.82, 2.24) is 0 Å². The van der Waals surface area contributed by atoms with Crippen LogP contribution in [0.1, 0.15) is 15.9 Å². The van der Waals surface area contributed by atoms with E-state index in [1.165, 1.54) is 19.2 Å². The maximum Gasteiger partial charge on any atom is 0.471 e. The normalized spacial score (nSPS) is 11.2. The lowest BCUT2D eigenvalue weighted by molar-refractivity contribution is -0.167. The largest absolute Gasteiger partial charge is 0.478 e. The van der Waals surface area contributed by atoms with E-state index in [2.05, 4.69) is 0 Å². The number of carbonyl (C=O) groups excluding carboxylic acids is 1. The first-order chi connectivity index (χ1) is 8.74. The zero-order valence-electron chi connectivity index (χ0n) is 9.75. The lowest BCUT2D eigenvalue weighted by Gasteiger charge is -2.10. The summed E-state index contributed by atoms with van der Waals surface area (Å²) >= 11 is 0. The summed E-state index contributed by atoms with van der Waals surface area (Å²) in [6.45, 7) is 0.00993. The van der Waals surface area contributed by atoms with Gasteiger partial charge >= 0.3 is 18.1 Å². The highest BCUT2D eigenvalue weighted by atomic mass is 19.4. The molecule has 0 spiro atoms. The minimum absolute atomic E-state index is 0.00993. The van der Waals surface area contributed by atoms with E-state index in [-0.39, 0.29) is 17.9 Å².